The first kappa shape index (κ1) is 22.2. The first-order chi connectivity index (χ1) is 15.9. The van der Waals surface area contributed by atoms with Crippen LogP contribution in [0, 0.1) is 5.82 Å². The average Bonchev–Trinajstić information content (AvgIpc) is 3.24. The summed E-state index contributed by atoms with van der Waals surface area (Å²) >= 11 is 0. The number of hydrogen-bond donors (Lipinski definition) is 2. The Labute approximate surface area is 191 Å². The Hall–Kier alpha value is -3.97. The molecule has 4 rings (SSSR count). The fourth-order valence-electron chi connectivity index (χ4n) is 3.54. The number of carbonyl (C=O) groups excluding carboxylic acids is 1. The number of hydrogen-bond acceptors (Lipinski definition) is 4. The Morgan fingerprint density at radius 2 is 1.85 bits per heavy atom. The number of halogens is 1. The molecule has 1 aromatic heterocycles. The molecule has 0 fully saturated rings. The van der Waals surface area contributed by atoms with Crippen molar-refractivity contribution >= 4 is 11.6 Å². The molecule has 0 aliphatic heterocycles. The van der Waals surface area contributed by atoms with E-state index in [2.05, 4.69) is 10.4 Å². The fraction of sp³-hybridized carbons (Fsp3) is 0.154. The molecular formula is C26H24FN3O3. The smallest absolute Gasteiger partial charge is 0.259 e. The quantitative estimate of drug-likeness (QED) is 0.417. The van der Waals surface area contributed by atoms with Gasteiger partial charge in [0.1, 0.15) is 17.3 Å². The molecule has 2 N–H and O–H groups in total. The molecule has 168 valence electrons. The third kappa shape index (κ3) is 5.10. The lowest BCUT2D eigenvalue weighted by Crippen LogP contribution is -2.13. The van der Waals surface area contributed by atoms with E-state index in [4.69, 9.17) is 4.74 Å². The third-order valence-corrected chi connectivity index (χ3v) is 5.26. The number of aliphatic hydroxyl groups excluding tert-OH is 1. The highest BCUT2D eigenvalue weighted by molar-refractivity contribution is 6.08. The van der Waals surface area contributed by atoms with E-state index in [-0.39, 0.29) is 11.5 Å². The van der Waals surface area contributed by atoms with Crippen molar-refractivity contribution in [1.82, 2.24) is 9.78 Å². The van der Waals surface area contributed by atoms with Crippen LogP contribution in [0.1, 0.15) is 34.5 Å². The maximum atomic E-state index is 13.9. The van der Waals surface area contributed by atoms with Gasteiger partial charge in [0.25, 0.3) is 5.91 Å². The Balaban J connectivity index is 1.68. The van der Waals surface area contributed by atoms with Gasteiger partial charge in [0, 0.05) is 23.0 Å². The molecule has 0 spiro atoms. The summed E-state index contributed by atoms with van der Waals surface area (Å²) < 4.78 is 20.9. The minimum absolute atomic E-state index is 0.114. The van der Waals surface area contributed by atoms with Crippen LogP contribution < -0.4 is 10.1 Å². The van der Waals surface area contributed by atoms with Gasteiger partial charge in [0.05, 0.1) is 25.3 Å². The molecule has 6 nitrogen and oxygen atoms in total. The molecule has 0 saturated carbocycles. The molecule has 0 aliphatic carbocycles. The predicted octanol–water partition coefficient (Wildman–Crippen LogP) is 5.05. The number of anilines is 1. The van der Waals surface area contributed by atoms with Crippen LogP contribution in [0.2, 0.25) is 0 Å². The fourth-order valence-corrected chi connectivity index (χ4v) is 3.54. The van der Waals surface area contributed by atoms with E-state index in [1.165, 1.54) is 25.1 Å². The van der Waals surface area contributed by atoms with Gasteiger partial charge in [-0.15, -0.1) is 0 Å². The third-order valence-electron chi connectivity index (χ3n) is 5.26. The lowest BCUT2D eigenvalue weighted by Gasteiger charge is -2.10. The molecule has 0 saturated heterocycles. The van der Waals surface area contributed by atoms with E-state index in [1.54, 1.807) is 18.0 Å². The second-order valence-corrected chi connectivity index (χ2v) is 7.67. The van der Waals surface area contributed by atoms with Crippen LogP contribution in [0.15, 0.2) is 79.0 Å². The van der Waals surface area contributed by atoms with Gasteiger partial charge in [0.2, 0.25) is 0 Å². The molecule has 4 aromatic rings. The van der Waals surface area contributed by atoms with Crippen LogP contribution >= 0.6 is 0 Å². The van der Waals surface area contributed by atoms with Gasteiger partial charge >= 0.3 is 0 Å². The number of carbonyl (C=O) groups is 1. The number of amides is 1. The standard InChI is InChI=1S/C26H24FN3O3/c1-17(31)22-14-20(10-13-24(22)27)28-26(32)23-16-30(15-18-6-4-3-5-7-18)29-25(23)19-8-11-21(33-2)12-9-19/h3-14,16-17,31H,15H2,1-2H3,(H,28,32). The van der Waals surface area contributed by atoms with Crippen molar-refractivity contribution in [3.05, 3.63) is 102 Å². The van der Waals surface area contributed by atoms with Crippen molar-refractivity contribution in [2.24, 2.45) is 0 Å². The van der Waals surface area contributed by atoms with Crippen LogP contribution in [0.25, 0.3) is 11.3 Å². The molecule has 1 unspecified atom stereocenters. The summed E-state index contributed by atoms with van der Waals surface area (Å²) in [6.07, 6.45) is 0.700. The normalized spacial score (nSPS) is 11.8. The van der Waals surface area contributed by atoms with Crippen molar-refractivity contribution in [3.63, 3.8) is 0 Å². The monoisotopic (exact) mass is 445 g/mol. The SMILES string of the molecule is COc1ccc(-c2nn(Cc3ccccc3)cc2C(=O)Nc2ccc(F)c(C(C)O)c2)cc1. The Bertz CT molecular complexity index is 1250. The van der Waals surface area contributed by atoms with Crippen LogP contribution in [-0.4, -0.2) is 27.9 Å². The van der Waals surface area contributed by atoms with Crippen molar-refractivity contribution in [3.8, 4) is 17.0 Å². The van der Waals surface area contributed by atoms with E-state index in [0.29, 0.717) is 29.2 Å². The summed E-state index contributed by atoms with van der Waals surface area (Å²) in [5.41, 5.74) is 3.20. The van der Waals surface area contributed by atoms with Gasteiger partial charge < -0.3 is 15.2 Å². The topological polar surface area (TPSA) is 76.4 Å². The van der Waals surface area contributed by atoms with E-state index < -0.39 is 11.9 Å². The van der Waals surface area contributed by atoms with E-state index in [1.807, 2.05) is 54.6 Å². The molecule has 0 bridgehead atoms. The Morgan fingerprint density at radius 3 is 2.52 bits per heavy atom. The van der Waals surface area contributed by atoms with E-state index in [9.17, 15) is 14.3 Å². The molecule has 1 amide bonds. The first-order valence-electron chi connectivity index (χ1n) is 10.5. The van der Waals surface area contributed by atoms with Gasteiger partial charge in [-0.1, -0.05) is 30.3 Å². The highest BCUT2D eigenvalue weighted by Gasteiger charge is 2.19. The largest absolute Gasteiger partial charge is 0.497 e. The number of ether oxygens (including phenoxy) is 1. The van der Waals surface area contributed by atoms with E-state index >= 15 is 0 Å². The minimum atomic E-state index is -0.995. The molecular weight excluding hydrogens is 421 g/mol. The van der Waals surface area contributed by atoms with Gasteiger partial charge in [-0.2, -0.15) is 5.10 Å². The molecule has 7 heteroatoms. The summed E-state index contributed by atoms with van der Waals surface area (Å²) in [7, 11) is 1.59. The maximum Gasteiger partial charge on any atom is 0.259 e. The number of aliphatic hydroxyl groups is 1. The first-order valence-corrected chi connectivity index (χ1v) is 10.5. The summed E-state index contributed by atoms with van der Waals surface area (Å²) in [6, 6.07) is 21.2. The van der Waals surface area contributed by atoms with Gasteiger partial charge in [0.15, 0.2) is 0 Å². The maximum absolute atomic E-state index is 13.9. The van der Waals surface area contributed by atoms with Crippen LogP contribution in [-0.2, 0) is 6.54 Å². The zero-order valence-electron chi connectivity index (χ0n) is 18.3. The molecule has 3 aromatic carbocycles. The lowest BCUT2D eigenvalue weighted by molar-refractivity contribution is 0.102. The van der Waals surface area contributed by atoms with E-state index in [0.717, 1.165) is 11.1 Å². The summed E-state index contributed by atoms with van der Waals surface area (Å²) in [6.45, 7) is 1.97. The second kappa shape index (κ2) is 9.67. The second-order valence-electron chi connectivity index (χ2n) is 7.67. The highest BCUT2D eigenvalue weighted by atomic mass is 19.1. The summed E-state index contributed by atoms with van der Waals surface area (Å²) in [5.74, 6) is -0.216. The minimum Gasteiger partial charge on any atom is -0.497 e. The predicted molar refractivity (Wildman–Crippen MR) is 125 cm³/mol. The molecule has 1 heterocycles. The molecule has 33 heavy (non-hydrogen) atoms. The zero-order chi connectivity index (χ0) is 23.4. The van der Waals surface area contributed by atoms with Crippen LogP contribution in [0.3, 0.4) is 0 Å². The molecule has 0 aliphatic rings. The van der Waals surface area contributed by atoms with Crippen molar-refractivity contribution in [2.45, 2.75) is 19.6 Å². The van der Waals surface area contributed by atoms with Crippen LogP contribution in [0.4, 0.5) is 10.1 Å². The summed E-state index contributed by atoms with van der Waals surface area (Å²) in [4.78, 5) is 13.2. The lowest BCUT2D eigenvalue weighted by atomic mass is 10.1. The van der Waals surface area contributed by atoms with Crippen molar-refractivity contribution < 1.29 is 19.0 Å². The van der Waals surface area contributed by atoms with Crippen LogP contribution in [0.5, 0.6) is 5.75 Å². The van der Waals surface area contributed by atoms with Crippen molar-refractivity contribution in [2.75, 3.05) is 12.4 Å². The molecule has 1 atom stereocenters. The highest BCUT2D eigenvalue weighted by Crippen LogP contribution is 2.27. The Kier molecular flexibility index (Phi) is 6.51. The molecule has 0 radical (unpaired) electrons. The average molecular weight is 445 g/mol. The number of methoxy groups -OCH3 is 1. The van der Waals surface area contributed by atoms with Gasteiger partial charge in [-0.25, -0.2) is 4.39 Å². The zero-order valence-corrected chi connectivity index (χ0v) is 18.3. The van der Waals surface area contributed by atoms with Gasteiger partial charge in [-0.05, 0) is 55.0 Å². The number of rotatable bonds is 7. The number of benzene rings is 3. The van der Waals surface area contributed by atoms with Crippen molar-refractivity contribution in [1.29, 1.82) is 0 Å². The Morgan fingerprint density at radius 1 is 1.12 bits per heavy atom. The summed E-state index contributed by atoms with van der Waals surface area (Å²) in [5, 5.41) is 17.2. The number of aromatic nitrogens is 2. The number of nitrogens with zero attached hydrogens (tertiary/aromatic N) is 2. The van der Waals surface area contributed by atoms with Gasteiger partial charge in [-0.3, -0.25) is 9.48 Å². The number of nitrogens with one attached hydrogen (secondary N) is 1.